The van der Waals surface area contributed by atoms with E-state index in [0.29, 0.717) is 6.42 Å². The lowest BCUT2D eigenvalue weighted by atomic mass is 9.98. The van der Waals surface area contributed by atoms with Gasteiger partial charge in [-0.3, -0.25) is 9.78 Å². The van der Waals surface area contributed by atoms with Crippen LogP contribution in [0.5, 0.6) is 5.75 Å². The minimum Gasteiger partial charge on any atom is -0.489 e. The smallest absolute Gasteiger partial charge is 0.227 e. The molecule has 0 radical (unpaired) electrons. The Morgan fingerprint density at radius 2 is 1.88 bits per heavy atom. The maximum Gasteiger partial charge on any atom is 0.227 e. The minimum atomic E-state index is -0.273. The number of ether oxygens (including phenoxy) is 1. The standard InChI is InChI=1S/C20H21FN2O2/c21-15-5-3-14(4-6-15)10-20(24)23-16-7-8-17(23)12-19(11-16)25-18-2-1-9-22-13-18/h1-6,9,13,16-17,19H,7-8,10-12H2/t16-,17-/m0/s1. The van der Waals surface area contributed by atoms with Crippen LogP contribution in [0.4, 0.5) is 4.39 Å². The number of halogens is 1. The van der Waals surface area contributed by atoms with Gasteiger partial charge in [-0.05, 0) is 42.7 Å². The normalized spacial score (nSPS) is 25.0. The molecule has 2 saturated heterocycles. The lowest BCUT2D eigenvalue weighted by Gasteiger charge is -2.39. The maximum absolute atomic E-state index is 13.0. The van der Waals surface area contributed by atoms with Gasteiger partial charge in [0.2, 0.25) is 5.91 Å². The van der Waals surface area contributed by atoms with Crippen LogP contribution in [-0.4, -0.2) is 34.0 Å². The molecule has 2 aromatic rings. The van der Waals surface area contributed by atoms with Gasteiger partial charge in [-0.25, -0.2) is 4.39 Å². The number of carbonyl (C=O) groups is 1. The van der Waals surface area contributed by atoms with Gasteiger partial charge in [0.25, 0.3) is 0 Å². The Balaban J connectivity index is 1.40. The van der Waals surface area contributed by atoms with Gasteiger partial charge in [-0.1, -0.05) is 12.1 Å². The minimum absolute atomic E-state index is 0.136. The third-order valence-corrected chi connectivity index (χ3v) is 5.18. The van der Waals surface area contributed by atoms with Crippen LogP contribution in [0.15, 0.2) is 48.8 Å². The van der Waals surface area contributed by atoms with Gasteiger partial charge in [-0.15, -0.1) is 0 Å². The fourth-order valence-corrected chi connectivity index (χ4v) is 4.11. The molecule has 4 rings (SSSR count). The molecule has 4 nitrogen and oxygen atoms in total. The van der Waals surface area contributed by atoms with E-state index in [-0.39, 0.29) is 29.9 Å². The number of aromatic nitrogens is 1. The second kappa shape index (κ2) is 6.82. The van der Waals surface area contributed by atoms with Crippen LogP contribution >= 0.6 is 0 Å². The second-order valence-electron chi connectivity index (χ2n) is 6.89. The lowest BCUT2D eigenvalue weighted by molar-refractivity contribution is -0.136. The number of fused-ring (bicyclic) bond motifs is 2. The Hall–Kier alpha value is -2.43. The molecular formula is C20H21FN2O2. The van der Waals surface area contributed by atoms with Crippen LogP contribution in [0.2, 0.25) is 0 Å². The Morgan fingerprint density at radius 3 is 2.52 bits per heavy atom. The summed E-state index contributed by atoms with van der Waals surface area (Å²) in [7, 11) is 0. The first-order valence-corrected chi connectivity index (χ1v) is 8.81. The van der Waals surface area contributed by atoms with E-state index in [2.05, 4.69) is 4.98 Å². The molecule has 2 aliphatic heterocycles. The molecule has 2 aliphatic rings. The summed E-state index contributed by atoms with van der Waals surface area (Å²) in [6, 6.07) is 10.5. The first kappa shape index (κ1) is 16.1. The zero-order valence-electron chi connectivity index (χ0n) is 14.0. The van der Waals surface area contributed by atoms with Crippen molar-refractivity contribution in [1.82, 2.24) is 9.88 Å². The van der Waals surface area contributed by atoms with Crippen LogP contribution in [-0.2, 0) is 11.2 Å². The van der Waals surface area contributed by atoms with Crippen LogP contribution < -0.4 is 4.74 Å². The van der Waals surface area contributed by atoms with Gasteiger partial charge >= 0.3 is 0 Å². The van der Waals surface area contributed by atoms with Crippen molar-refractivity contribution in [1.29, 1.82) is 0 Å². The van der Waals surface area contributed by atoms with Gasteiger partial charge in [0, 0.05) is 31.1 Å². The van der Waals surface area contributed by atoms with Gasteiger partial charge in [0.1, 0.15) is 17.7 Å². The van der Waals surface area contributed by atoms with Crippen LogP contribution in [0.1, 0.15) is 31.2 Å². The number of benzene rings is 1. The summed E-state index contributed by atoms with van der Waals surface area (Å²) in [6.07, 6.45) is 7.72. The topological polar surface area (TPSA) is 42.4 Å². The number of rotatable bonds is 4. The third-order valence-electron chi connectivity index (χ3n) is 5.18. The Morgan fingerprint density at radius 1 is 1.16 bits per heavy atom. The van der Waals surface area contributed by atoms with Gasteiger partial charge in [-0.2, -0.15) is 0 Å². The molecule has 5 heteroatoms. The highest BCUT2D eigenvalue weighted by molar-refractivity contribution is 5.80. The van der Waals surface area contributed by atoms with E-state index in [9.17, 15) is 9.18 Å². The number of nitrogens with zero attached hydrogens (tertiary/aromatic N) is 2. The molecule has 2 atom stereocenters. The molecule has 1 aromatic carbocycles. The van der Waals surface area contributed by atoms with E-state index in [1.54, 1.807) is 24.5 Å². The van der Waals surface area contributed by atoms with E-state index >= 15 is 0 Å². The molecule has 0 unspecified atom stereocenters. The van der Waals surface area contributed by atoms with Crippen molar-refractivity contribution in [3.8, 4) is 5.75 Å². The van der Waals surface area contributed by atoms with Crippen LogP contribution in [0, 0.1) is 5.82 Å². The van der Waals surface area contributed by atoms with Crippen molar-refractivity contribution in [2.45, 2.75) is 50.3 Å². The highest BCUT2D eigenvalue weighted by atomic mass is 19.1. The van der Waals surface area contributed by atoms with Crippen molar-refractivity contribution in [2.24, 2.45) is 0 Å². The first-order valence-electron chi connectivity index (χ1n) is 8.81. The monoisotopic (exact) mass is 340 g/mol. The summed E-state index contributed by atoms with van der Waals surface area (Å²) < 4.78 is 19.1. The highest BCUT2D eigenvalue weighted by Gasteiger charge is 2.43. The summed E-state index contributed by atoms with van der Waals surface area (Å²) in [5, 5.41) is 0. The number of hydrogen-bond donors (Lipinski definition) is 0. The van der Waals surface area contributed by atoms with E-state index < -0.39 is 0 Å². The summed E-state index contributed by atoms with van der Waals surface area (Å²) >= 11 is 0. The number of pyridine rings is 1. The van der Waals surface area contributed by atoms with Crippen molar-refractivity contribution in [3.63, 3.8) is 0 Å². The Kier molecular flexibility index (Phi) is 4.38. The molecule has 0 saturated carbocycles. The number of carbonyl (C=O) groups excluding carboxylic acids is 1. The van der Waals surface area contributed by atoms with E-state index in [1.165, 1.54) is 12.1 Å². The summed E-state index contributed by atoms with van der Waals surface area (Å²) in [5.74, 6) is 0.654. The largest absolute Gasteiger partial charge is 0.489 e. The molecule has 130 valence electrons. The molecule has 25 heavy (non-hydrogen) atoms. The molecule has 2 fully saturated rings. The van der Waals surface area contributed by atoms with Gasteiger partial charge in [0.05, 0.1) is 12.6 Å². The summed E-state index contributed by atoms with van der Waals surface area (Å²) in [6.45, 7) is 0. The molecular weight excluding hydrogens is 319 g/mol. The quantitative estimate of drug-likeness (QED) is 0.857. The molecule has 3 heterocycles. The molecule has 2 bridgehead atoms. The van der Waals surface area contributed by atoms with E-state index in [1.807, 2.05) is 17.0 Å². The maximum atomic E-state index is 13.0. The van der Waals surface area contributed by atoms with Crippen LogP contribution in [0.25, 0.3) is 0 Å². The molecule has 0 aliphatic carbocycles. The predicted octanol–water partition coefficient (Wildman–Crippen LogP) is 3.36. The zero-order valence-corrected chi connectivity index (χ0v) is 14.0. The van der Waals surface area contributed by atoms with Crippen molar-refractivity contribution in [2.75, 3.05) is 0 Å². The Bertz CT molecular complexity index is 721. The predicted molar refractivity (Wildman–Crippen MR) is 91.6 cm³/mol. The molecule has 0 N–H and O–H groups in total. The molecule has 0 spiro atoms. The van der Waals surface area contributed by atoms with Crippen molar-refractivity contribution >= 4 is 5.91 Å². The highest BCUT2D eigenvalue weighted by Crippen LogP contribution is 2.37. The third kappa shape index (κ3) is 3.50. The number of piperidine rings is 1. The average Bonchev–Trinajstić information content (AvgIpc) is 2.89. The fourth-order valence-electron chi connectivity index (χ4n) is 4.11. The fraction of sp³-hybridized carbons (Fsp3) is 0.400. The van der Waals surface area contributed by atoms with Gasteiger partial charge in [0.15, 0.2) is 0 Å². The van der Waals surface area contributed by atoms with E-state index in [0.717, 1.165) is 37.0 Å². The van der Waals surface area contributed by atoms with Gasteiger partial charge < -0.3 is 9.64 Å². The van der Waals surface area contributed by atoms with E-state index in [4.69, 9.17) is 4.74 Å². The van der Waals surface area contributed by atoms with Crippen molar-refractivity contribution in [3.05, 3.63) is 60.2 Å². The van der Waals surface area contributed by atoms with Crippen molar-refractivity contribution < 1.29 is 13.9 Å². The first-order chi connectivity index (χ1) is 12.2. The SMILES string of the molecule is O=C(Cc1ccc(F)cc1)N1[C@H]2CC[C@H]1CC(Oc1cccnc1)C2. The zero-order chi connectivity index (χ0) is 17.2. The molecule has 1 aromatic heterocycles. The Labute approximate surface area is 146 Å². The second-order valence-corrected chi connectivity index (χ2v) is 6.89. The average molecular weight is 340 g/mol. The summed E-state index contributed by atoms with van der Waals surface area (Å²) in [4.78, 5) is 18.9. The lowest BCUT2D eigenvalue weighted by Crippen LogP contribution is -2.49. The number of hydrogen-bond acceptors (Lipinski definition) is 3. The van der Waals surface area contributed by atoms with Crippen LogP contribution in [0.3, 0.4) is 0 Å². The number of amides is 1. The summed E-state index contributed by atoms with van der Waals surface area (Å²) in [5.41, 5.74) is 0.861. The molecule has 1 amide bonds.